The highest BCUT2D eigenvalue weighted by molar-refractivity contribution is 9.10. The average molecular weight is 347 g/mol. The summed E-state index contributed by atoms with van der Waals surface area (Å²) in [5.41, 5.74) is 0.527. The second-order valence-electron chi connectivity index (χ2n) is 3.77. The summed E-state index contributed by atoms with van der Waals surface area (Å²) in [4.78, 5) is 23.0. The number of hydrogen-bond acceptors (Lipinski definition) is 4. The highest BCUT2D eigenvalue weighted by atomic mass is 79.9. The fourth-order valence-electron chi connectivity index (χ4n) is 1.44. The highest BCUT2D eigenvalue weighted by Gasteiger charge is 2.19. The lowest BCUT2D eigenvalue weighted by Gasteiger charge is -2.17. The number of hydrogen-bond donors (Lipinski definition) is 3. The monoisotopic (exact) mass is 346 g/mol. The number of methoxy groups -OCH3 is 1. The molecule has 0 aliphatic rings. The fourth-order valence-corrected chi connectivity index (χ4v) is 2.06. The zero-order valence-electron chi connectivity index (χ0n) is 10.6. The molecule has 0 fully saturated rings. The first-order valence-electron chi connectivity index (χ1n) is 5.50. The molecule has 0 saturated heterocycles. The third-order valence-corrected chi connectivity index (χ3v) is 3.15. The Morgan fingerprint density at radius 1 is 1.47 bits per heavy atom. The Bertz CT molecular complexity index is 482. The predicted octanol–water partition coefficient (Wildman–Crippen LogP) is 1.83. The van der Waals surface area contributed by atoms with Crippen molar-refractivity contribution in [1.29, 1.82) is 0 Å². The van der Waals surface area contributed by atoms with Gasteiger partial charge in [0.15, 0.2) is 0 Å². The van der Waals surface area contributed by atoms with Crippen LogP contribution in [0.4, 0.5) is 5.69 Å². The van der Waals surface area contributed by atoms with Crippen LogP contribution in [0, 0.1) is 0 Å². The van der Waals surface area contributed by atoms with Gasteiger partial charge in [0.2, 0.25) is 11.8 Å². The van der Waals surface area contributed by atoms with Crippen molar-refractivity contribution in [2.24, 2.45) is 0 Å². The van der Waals surface area contributed by atoms with Crippen molar-refractivity contribution in [2.45, 2.75) is 13.0 Å². The van der Waals surface area contributed by atoms with Gasteiger partial charge in [0.05, 0.1) is 12.8 Å². The van der Waals surface area contributed by atoms with E-state index < -0.39 is 6.04 Å². The van der Waals surface area contributed by atoms with Gasteiger partial charge < -0.3 is 15.4 Å². The van der Waals surface area contributed by atoms with E-state index in [0.717, 1.165) is 4.47 Å². The lowest BCUT2D eigenvalue weighted by atomic mass is 10.2. The van der Waals surface area contributed by atoms with E-state index in [4.69, 9.17) is 4.74 Å². The number of thiol groups is 1. The fraction of sp³-hybridized carbons (Fsp3) is 0.333. The maximum absolute atomic E-state index is 12.0. The minimum absolute atomic E-state index is 0.210. The van der Waals surface area contributed by atoms with Gasteiger partial charge in [-0.15, -0.1) is 0 Å². The van der Waals surface area contributed by atoms with Gasteiger partial charge in [0.1, 0.15) is 11.8 Å². The number of ether oxygens (including phenoxy) is 1. The lowest BCUT2D eigenvalue weighted by Crippen LogP contribution is -2.44. The van der Waals surface area contributed by atoms with E-state index in [-0.39, 0.29) is 17.6 Å². The van der Waals surface area contributed by atoms with Crippen molar-refractivity contribution in [3.63, 3.8) is 0 Å². The molecule has 2 N–H and O–H groups in total. The number of halogens is 1. The van der Waals surface area contributed by atoms with Gasteiger partial charge in [-0.1, -0.05) is 15.9 Å². The van der Waals surface area contributed by atoms with Crippen LogP contribution >= 0.6 is 28.6 Å². The smallest absolute Gasteiger partial charge is 0.247 e. The average Bonchev–Trinajstić information content (AvgIpc) is 2.35. The first-order chi connectivity index (χ1) is 8.97. The molecule has 0 bridgehead atoms. The molecule has 0 aromatic heterocycles. The Morgan fingerprint density at radius 3 is 2.68 bits per heavy atom. The van der Waals surface area contributed by atoms with Crippen molar-refractivity contribution >= 4 is 46.1 Å². The Balaban J connectivity index is 2.85. The number of benzene rings is 1. The van der Waals surface area contributed by atoms with Crippen LogP contribution in [-0.4, -0.2) is 30.7 Å². The second-order valence-corrected chi connectivity index (χ2v) is 5.05. The molecule has 2 amide bonds. The van der Waals surface area contributed by atoms with E-state index in [9.17, 15) is 9.59 Å². The Hall–Kier alpha value is -1.21. The summed E-state index contributed by atoms with van der Waals surface area (Å²) >= 11 is 7.37. The minimum atomic E-state index is -0.690. The van der Waals surface area contributed by atoms with E-state index in [1.807, 2.05) is 0 Å². The van der Waals surface area contributed by atoms with Crippen LogP contribution in [0.3, 0.4) is 0 Å². The quantitative estimate of drug-likeness (QED) is 0.712. The summed E-state index contributed by atoms with van der Waals surface area (Å²) in [6, 6.07) is 4.57. The van der Waals surface area contributed by atoms with Crippen molar-refractivity contribution in [3.8, 4) is 5.75 Å². The van der Waals surface area contributed by atoms with Crippen molar-refractivity contribution in [2.75, 3.05) is 18.2 Å². The molecule has 1 atom stereocenters. The van der Waals surface area contributed by atoms with Crippen LogP contribution in [-0.2, 0) is 9.59 Å². The molecule has 0 aliphatic carbocycles. The molecule has 5 nitrogen and oxygen atoms in total. The standard InChI is InChI=1S/C12H15BrN2O3S/c1-7(16)14-10(6-19)12(17)15-9-5-8(13)3-4-11(9)18-2/h3-5,10,19H,6H2,1-2H3,(H,14,16)(H,15,17). The molecule has 1 rings (SSSR count). The molecule has 0 aliphatic heterocycles. The zero-order chi connectivity index (χ0) is 14.4. The summed E-state index contributed by atoms with van der Waals surface area (Å²) in [7, 11) is 1.52. The van der Waals surface area contributed by atoms with Crippen molar-refractivity contribution in [1.82, 2.24) is 5.32 Å². The van der Waals surface area contributed by atoms with Gasteiger partial charge in [-0.05, 0) is 18.2 Å². The van der Waals surface area contributed by atoms with E-state index in [2.05, 4.69) is 39.2 Å². The number of rotatable bonds is 5. The molecule has 1 aromatic carbocycles. The Labute approximate surface area is 125 Å². The van der Waals surface area contributed by atoms with Crippen LogP contribution in [0.25, 0.3) is 0 Å². The van der Waals surface area contributed by atoms with Crippen molar-refractivity contribution in [3.05, 3.63) is 22.7 Å². The molecule has 104 valence electrons. The summed E-state index contributed by atoms with van der Waals surface area (Å²) in [6.07, 6.45) is 0. The van der Waals surface area contributed by atoms with Crippen LogP contribution in [0.2, 0.25) is 0 Å². The van der Waals surface area contributed by atoms with Crippen LogP contribution in [0.1, 0.15) is 6.92 Å². The molecule has 19 heavy (non-hydrogen) atoms. The number of amides is 2. The van der Waals surface area contributed by atoms with Crippen LogP contribution in [0.5, 0.6) is 5.75 Å². The molecular formula is C12H15BrN2O3S. The first-order valence-corrected chi connectivity index (χ1v) is 6.92. The maximum atomic E-state index is 12.0. The van der Waals surface area contributed by atoms with E-state index in [0.29, 0.717) is 11.4 Å². The van der Waals surface area contributed by atoms with Crippen LogP contribution in [0.15, 0.2) is 22.7 Å². The molecule has 7 heteroatoms. The Kier molecular flexibility index (Phi) is 6.17. The molecule has 1 aromatic rings. The van der Waals surface area contributed by atoms with Gasteiger partial charge in [-0.3, -0.25) is 9.59 Å². The zero-order valence-corrected chi connectivity index (χ0v) is 13.0. The minimum Gasteiger partial charge on any atom is -0.495 e. The molecule has 0 saturated carbocycles. The largest absolute Gasteiger partial charge is 0.495 e. The predicted molar refractivity (Wildman–Crippen MR) is 80.8 cm³/mol. The lowest BCUT2D eigenvalue weighted by molar-refractivity contribution is -0.124. The third-order valence-electron chi connectivity index (χ3n) is 2.30. The molecule has 1 unspecified atom stereocenters. The summed E-state index contributed by atoms with van der Waals surface area (Å²) < 4.78 is 5.96. The number of nitrogens with one attached hydrogen (secondary N) is 2. The van der Waals surface area contributed by atoms with Gasteiger partial charge in [0, 0.05) is 17.1 Å². The molecule has 0 heterocycles. The number of carbonyl (C=O) groups excluding carboxylic acids is 2. The maximum Gasteiger partial charge on any atom is 0.247 e. The Morgan fingerprint density at radius 2 is 2.16 bits per heavy atom. The van der Waals surface area contributed by atoms with Gasteiger partial charge in [-0.25, -0.2) is 0 Å². The second kappa shape index (κ2) is 7.40. The third kappa shape index (κ3) is 4.76. The first kappa shape index (κ1) is 15.8. The summed E-state index contributed by atoms with van der Waals surface area (Å²) in [5, 5.41) is 5.22. The van der Waals surface area contributed by atoms with Gasteiger partial charge in [-0.2, -0.15) is 12.6 Å². The van der Waals surface area contributed by atoms with E-state index >= 15 is 0 Å². The molecular weight excluding hydrogens is 332 g/mol. The van der Waals surface area contributed by atoms with Gasteiger partial charge >= 0.3 is 0 Å². The topological polar surface area (TPSA) is 67.4 Å². The SMILES string of the molecule is COc1ccc(Br)cc1NC(=O)C(CS)NC(C)=O. The summed E-state index contributed by atoms with van der Waals surface area (Å²) in [6.45, 7) is 1.35. The normalized spacial score (nSPS) is 11.6. The van der Waals surface area contributed by atoms with E-state index in [1.165, 1.54) is 14.0 Å². The molecule has 0 radical (unpaired) electrons. The van der Waals surface area contributed by atoms with E-state index in [1.54, 1.807) is 18.2 Å². The van der Waals surface area contributed by atoms with Crippen LogP contribution < -0.4 is 15.4 Å². The van der Waals surface area contributed by atoms with Crippen molar-refractivity contribution < 1.29 is 14.3 Å². The highest BCUT2D eigenvalue weighted by Crippen LogP contribution is 2.27. The summed E-state index contributed by atoms with van der Waals surface area (Å²) in [5.74, 6) is 0.121. The number of anilines is 1. The molecule has 0 spiro atoms. The number of carbonyl (C=O) groups is 2. The van der Waals surface area contributed by atoms with Gasteiger partial charge in [0.25, 0.3) is 0 Å².